The van der Waals surface area contributed by atoms with Crippen LogP contribution in [0.4, 0.5) is 11.4 Å². The van der Waals surface area contributed by atoms with Gasteiger partial charge in [-0.05, 0) is 67.6 Å². The number of halogens is 1. The monoisotopic (exact) mass is 423 g/mol. The minimum atomic E-state index is -0.382. The predicted octanol–water partition coefficient (Wildman–Crippen LogP) is 5.01. The number of nitrogens with zero attached hydrogens (tertiary/aromatic N) is 2. The van der Waals surface area contributed by atoms with Gasteiger partial charge < -0.3 is 10.1 Å². The number of ether oxygens (including phenoxy) is 1. The zero-order valence-electron chi connectivity index (χ0n) is 14.7. The molecular weight excluding hydrogens is 406 g/mol. The summed E-state index contributed by atoms with van der Waals surface area (Å²) >= 11 is 3.45. The molecule has 1 aliphatic rings. The number of amides is 1. The molecule has 5 nitrogen and oxygen atoms in total. The van der Waals surface area contributed by atoms with Crippen molar-refractivity contribution in [1.29, 1.82) is 0 Å². The summed E-state index contributed by atoms with van der Waals surface area (Å²) in [7, 11) is 0. The fourth-order valence-electron chi connectivity index (χ4n) is 3.16. The molecule has 1 unspecified atom stereocenters. The molecule has 1 aliphatic heterocycles. The average molecular weight is 424 g/mol. The Morgan fingerprint density at radius 1 is 1.11 bits per heavy atom. The second-order valence-electron chi connectivity index (χ2n) is 6.09. The molecule has 0 bridgehead atoms. The molecule has 4 rings (SSSR count). The van der Waals surface area contributed by atoms with E-state index in [1.165, 1.54) is 0 Å². The summed E-state index contributed by atoms with van der Waals surface area (Å²) in [5.74, 6) is 0.706. The molecule has 6 heteroatoms. The maximum absolute atomic E-state index is 13.1. The lowest BCUT2D eigenvalue weighted by atomic mass is 10.2. The Kier molecular flexibility index (Phi) is 4.81. The van der Waals surface area contributed by atoms with Crippen LogP contribution in [0.25, 0.3) is 0 Å². The molecule has 2 heterocycles. The first-order valence-electron chi connectivity index (χ1n) is 8.71. The van der Waals surface area contributed by atoms with Crippen molar-refractivity contribution in [2.45, 2.75) is 13.1 Å². The van der Waals surface area contributed by atoms with Crippen molar-refractivity contribution in [3.8, 4) is 5.75 Å². The highest BCUT2D eigenvalue weighted by Crippen LogP contribution is 2.37. The van der Waals surface area contributed by atoms with E-state index in [4.69, 9.17) is 4.74 Å². The zero-order chi connectivity index (χ0) is 18.8. The number of hydrogen-bond acceptors (Lipinski definition) is 4. The lowest BCUT2D eigenvalue weighted by Gasteiger charge is -2.26. The third-order valence-electron chi connectivity index (χ3n) is 4.38. The van der Waals surface area contributed by atoms with Crippen LogP contribution in [0.15, 0.2) is 71.3 Å². The van der Waals surface area contributed by atoms with Crippen LogP contribution in [-0.2, 0) is 0 Å². The summed E-state index contributed by atoms with van der Waals surface area (Å²) in [6.45, 7) is 2.55. The summed E-state index contributed by atoms with van der Waals surface area (Å²) in [4.78, 5) is 19.3. The van der Waals surface area contributed by atoms with Gasteiger partial charge in [0.2, 0.25) is 0 Å². The van der Waals surface area contributed by atoms with Crippen LogP contribution in [0.2, 0.25) is 0 Å². The van der Waals surface area contributed by atoms with Crippen molar-refractivity contribution < 1.29 is 9.53 Å². The number of hydrogen-bond donors (Lipinski definition) is 1. The van der Waals surface area contributed by atoms with Crippen LogP contribution in [0, 0.1) is 0 Å². The molecule has 0 saturated carbocycles. The molecule has 0 saturated heterocycles. The summed E-state index contributed by atoms with van der Waals surface area (Å²) in [6.07, 6.45) is 1.33. The minimum Gasteiger partial charge on any atom is -0.494 e. The van der Waals surface area contributed by atoms with Gasteiger partial charge in [0.1, 0.15) is 5.75 Å². The number of fused-ring (bicyclic) bond motifs is 1. The molecule has 1 aromatic heterocycles. The quantitative estimate of drug-likeness (QED) is 0.626. The van der Waals surface area contributed by atoms with Gasteiger partial charge in [-0.25, -0.2) is 0 Å². The van der Waals surface area contributed by atoms with Gasteiger partial charge in [0.15, 0.2) is 6.17 Å². The van der Waals surface area contributed by atoms with Gasteiger partial charge in [-0.1, -0.05) is 15.9 Å². The Morgan fingerprint density at radius 3 is 2.56 bits per heavy atom. The van der Waals surface area contributed by atoms with Gasteiger partial charge in [-0.3, -0.25) is 14.7 Å². The Labute approximate surface area is 166 Å². The summed E-state index contributed by atoms with van der Waals surface area (Å²) in [6, 6.07) is 19.0. The fraction of sp³-hybridized carbons (Fsp3) is 0.143. The minimum absolute atomic E-state index is 0.0723. The van der Waals surface area contributed by atoms with E-state index >= 15 is 0 Å². The molecule has 0 radical (unpaired) electrons. The molecule has 136 valence electrons. The largest absolute Gasteiger partial charge is 0.494 e. The Bertz CT molecular complexity index is 958. The van der Waals surface area contributed by atoms with Crippen LogP contribution >= 0.6 is 15.9 Å². The third-order valence-corrected chi connectivity index (χ3v) is 4.91. The van der Waals surface area contributed by atoms with Gasteiger partial charge in [0.25, 0.3) is 5.91 Å². The number of benzene rings is 2. The molecule has 2 aromatic carbocycles. The van der Waals surface area contributed by atoms with E-state index in [1.807, 2.05) is 61.5 Å². The lowest BCUT2D eigenvalue weighted by molar-refractivity contribution is 0.0993. The summed E-state index contributed by atoms with van der Waals surface area (Å²) in [5.41, 5.74) is 3.03. The number of carbonyl (C=O) groups excluding carboxylic acids is 1. The number of rotatable bonds is 5. The zero-order valence-corrected chi connectivity index (χ0v) is 16.3. The Morgan fingerprint density at radius 2 is 1.85 bits per heavy atom. The van der Waals surface area contributed by atoms with E-state index in [-0.39, 0.29) is 12.1 Å². The molecule has 1 N–H and O–H groups in total. The lowest BCUT2D eigenvalue weighted by Crippen LogP contribution is -2.32. The van der Waals surface area contributed by atoms with Crippen LogP contribution < -0.4 is 15.0 Å². The van der Waals surface area contributed by atoms with Gasteiger partial charge in [0, 0.05) is 22.0 Å². The van der Waals surface area contributed by atoms with E-state index in [2.05, 4.69) is 26.2 Å². The van der Waals surface area contributed by atoms with Crippen molar-refractivity contribution in [2.75, 3.05) is 16.8 Å². The van der Waals surface area contributed by atoms with Crippen molar-refractivity contribution in [1.82, 2.24) is 4.98 Å². The molecule has 0 spiro atoms. The number of anilines is 2. The van der Waals surface area contributed by atoms with Gasteiger partial charge in [-0.15, -0.1) is 0 Å². The van der Waals surface area contributed by atoms with Gasteiger partial charge >= 0.3 is 0 Å². The number of pyridine rings is 1. The standard InChI is InChI=1S/C21H18BrN3O2/c1-2-27-17-11-9-16(10-12-17)25-20(24-15-7-5-14(22)6-8-15)19-18(21(25)26)4-3-13-23-19/h3-13,20,24H,2H2,1H3. The van der Waals surface area contributed by atoms with Crippen molar-refractivity contribution in [3.05, 3.63) is 82.6 Å². The normalized spacial score (nSPS) is 15.6. The fourth-order valence-corrected chi connectivity index (χ4v) is 3.42. The van der Waals surface area contributed by atoms with Gasteiger partial charge in [-0.2, -0.15) is 0 Å². The number of aromatic nitrogens is 1. The number of carbonyl (C=O) groups is 1. The predicted molar refractivity (Wildman–Crippen MR) is 109 cm³/mol. The molecule has 3 aromatic rings. The highest BCUT2D eigenvalue weighted by molar-refractivity contribution is 9.10. The first-order valence-corrected chi connectivity index (χ1v) is 9.50. The highest BCUT2D eigenvalue weighted by Gasteiger charge is 2.38. The van der Waals surface area contributed by atoms with Crippen molar-refractivity contribution in [3.63, 3.8) is 0 Å². The summed E-state index contributed by atoms with van der Waals surface area (Å²) in [5, 5.41) is 3.43. The molecule has 1 amide bonds. The molecule has 1 atom stereocenters. The van der Waals surface area contributed by atoms with Crippen LogP contribution in [-0.4, -0.2) is 17.5 Å². The topological polar surface area (TPSA) is 54.5 Å². The van der Waals surface area contributed by atoms with Gasteiger partial charge in [0.05, 0.1) is 17.9 Å². The van der Waals surface area contributed by atoms with Crippen molar-refractivity contribution in [2.24, 2.45) is 0 Å². The first kappa shape index (κ1) is 17.5. The first-order chi connectivity index (χ1) is 13.2. The second-order valence-corrected chi connectivity index (χ2v) is 7.01. The van der Waals surface area contributed by atoms with E-state index in [0.29, 0.717) is 12.2 Å². The molecule has 27 heavy (non-hydrogen) atoms. The molecule has 0 fully saturated rings. The van der Waals surface area contributed by atoms with E-state index in [1.54, 1.807) is 17.2 Å². The second kappa shape index (κ2) is 7.40. The average Bonchev–Trinajstić information content (AvgIpc) is 2.97. The van der Waals surface area contributed by atoms with E-state index < -0.39 is 0 Å². The number of nitrogens with one attached hydrogen (secondary N) is 1. The maximum atomic E-state index is 13.1. The van der Waals surface area contributed by atoms with E-state index in [9.17, 15) is 4.79 Å². The summed E-state index contributed by atoms with van der Waals surface area (Å²) < 4.78 is 6.51. The van der Waals surface area contributed by atoms with Crippen LogP contribution in [0.5, 0.6) is 5.75 Å². The molecular formula is C21H18BrN3O2. The van der Waals surface area contributed by atoms with Crippen LogP contribution in [0.1, 0.15) is 29.1 Å². The van der Waals surface area contributed by atoms with Crippen LogP contribution in [0.3, 0.4) is 0 Å². The SMILES string of the molecule is CCOc1ccc(N2C(=O)c3cccnc3C2Nc2ccc(Br)cc2)cc1. The smallest absolute Gasteiger partial charge is 0.262 e. The van der Waals surface area contributed by atoms with E-state index in [0.717, 1.165) is 27.3 Å². The van der Waals surface area contributed by atoms with Crippen molar-refractivity contribution >= 4 is 33.2 Å². The highest BCUT2D eigenvalue weighted by atomic mass is 79.9. The third kappa shape index (κ3) is 3.40. The Balaban J connectivity index is 1.71. The maximum Gasteiger partial charge on any atom is 0.262 e. The molecule has 0 aliphatic carbocycles. The Hall–Kier alpha value is -2.86.